The van der Waals surface area contributed by atoms with Crippen LogP contribution in [0.1, 0.15) is 0 Å². The summed E-state index contributed by atoms with van der Waals surface area (Å²) in [6.45, 7) is 0.528. The molecule has 1 aliphatic heterocycles. The Bertz CT molecular complexity index is 1090. The Morgan fingerprint density at radius 3 is 2.71 bits per heavy atom. The first-order chi connectivity index (χ1) is 11.6. The van der Waals surface area contributed by atoms with Gasteiger partial charge in [-0.05, 0) is 36.4 Å². The topological polar surface area (TPSA) is 76.8 Å². The third kappa shape index (κ3) is 2.33. The maximum atomic E-state index is 13.0. The van der Waals surface area contributed by atoms with Crippen molar-refractivity contribution in [2.45, 2.75) is 4.90 Å². The molecule has 0 amide bonds. The van der Waals surface area contributed by atoms with Gasteiger partial charge in [-0.25, -0.2) is 13.2 Å². The summed E-state index contributed by atoms with van der Waals surface area (Å²) in [7, 11) is -3.74. The van der Waals surface area contributed by atoms with Gasteiger partial charge in [0.15, 0.2) is 0 Å². The van der Waals surface area contributed by atoms with E-state index in [-0.39, 0.29) is 11.4 Å². The van der Waals surface area contributed by atoms with E-state index in [1.165, 1.54) is 28.6 Å². The van der Waals surface area contributed by atoms with Crippen molar-refractivity contribution in [3.63, 3.8) is 0 Å². The molecule has 0 aliphatic carbocycles. The highest BCUT2D eigenvalue weighted by Gasteiger charge is 2.30. The molecule has 0 atom stereocenters. The van der Waals surface area contributed by atoms with Crippen LogP contribution in [-0.2, 0) is 10.0 Å². The molecule has 7 heteroatoms. The minimum atomic E-state index is -3.74. The number of fused-ring (bicyclic) bond motifs is 2. The first kappa shape index (κ1) is 14.8. The van der Waals surface area contributed by atoms with Crippen LogP contribution in [0.3, 0.4) is 0 Å². The van der Waals surface area contributed by atoms with Crippen molar-refractivity contribution >= 4 is 26.7 Å². The van der Waals surface area contributed by atoms with Gasteiger partial charge in [-0.15, -0.1) is 0 Å². The zero-order chi connectivity index (χ0) is 16.7. The standard InChI is InChI=1S/C17H13NO5S/c19-17-8-5-12-11-13(6-7-15(12)23-17)24(20,21)18-9-10-22-16-4-2-1-3-14(16)18/h1-8,11H,9-10H2. The normalized spacial score (nSPS) is 14.2. The van der Waals surface area contributed by atoms with E-state index in [9.17, 15) is 13.2 Å². The first-order valence-electron chi connectivity index (χ1n) is 7.34. The van der Waals surface area contributed by atoms with Crippen molar-refractivity contribution in [2.75, 3.05) is 17.5 Å². The van der Waals surface area contributed by atoms with E-state index in [4.69, 9.17) is 9.15 Å². The fraction of sp³-hybridized carbons (Fsp3) is 0.118. The van der Waals surface area contributed by atoms with Gasteiger partial charge in [0.05, 0.1) is 17.1 Å². The smallest absolute Gasteiger partial charge is 0.336 e. The van der Waals surface area contributed by atoms with Gasteiger partial charge < -0.3 is 9.15 Å². The van der Waals surface area contributed by atoms with Gasteiger partial charge in [0.1, 0.15) is 17.9 Å². The van der Waals surface area contributed by atoms with E-state index >= 15 is 0 Å². The summed E-state index contributed by atoms with van der Waals surface area (Å²) < 4.78 is 38.0. The number of para-hydroxylation sites is 2. The second-order valence-electron chi connectivity index (χ2n) is 5.35. The molecule has 0 fully saturated rings. The summed E-state index contributed by atoms with van der Waals surface area (Å²) >= 11 is 0. The van der Waals surface area contributed by atoms with Gasteiger partial charge in [0.2, 0.25) is 0 Å². The molecule has 0 saturated carbocycles. The molecule has 0 radical (unpaired) electrons. The van der Waals surface area contributed by atoms with Crippen LogP contribution in [0.4, 0.5) is 5.69 Å². The number of rotatable bonds is 2. The molecule has 1 aromatic heterocycles. The summed E-state index contributed by atoms with van der Waals surface area (Å²) in [6, 6.07) is 14.3. The number of anilines is 1. The lowest BCUT2D eigenvalue weighted by Crippen LogP contribution is -2.37. The molecular weight excluding hydrogens is 330 g/mol. The van der Waals surface area contributed by atoms with E-state index in [2.05, 4.69) is 0 Å². The van der Waals surface area contributed by atoms with E-state index in [0.717, 1.165) is 0 Å². The monoisotopic (exact) mass is 343 g/mol. The molecule has 2 aromatic carbocycles. The molecule has 122 valence electrons. The first-order valence-corrected chi connectivity index (χ1v) is 8.78. The molecule has 3 aromatic rings. The largest absolute Gasteiger partial charge is 0.489 e. The summed E-state index contributed by atoms with van der Waals surface area (Å²) in [5, 5.41) is 0.553. The second kappa shape index (κ2) is 5.38. The average Bonchev–Trinajstić information content (AvgIpc) is 2.60. The Morgan fingerprint density at radius 1 is 1.00 bits per heavy atom. The summed E-state index contributed by atoms with van der Waals surface area (Å²) in [6.07, 6.45) is 0. The van der Waals surface area contributed by atoms with Crippen LogP contribution in [0.2, 0.25) is 0 Å². The van der Waals surface area contributed by atoms with Crippen LogP contribution in [0, 0.1) is 0 Å². The lowest BCUT2D eigenvalue weighted by atomic mass is 10.2. The van der Waals surface area contributed by atoms with Gasteiger partial charge in [-0.1, -0.05) is 12.1 Å². The summed E-state index contributed by atoms with van der Waals surface area (Å²) in [5.41, 5.74) is 0.396. The highest BCUT2D eigenvalue weighted by Crippen LogP contribution is 2.35. The minimum Gasteiger partial charge on any atom is -0.489 e. The number of ether oxygens (including phenoxy) is 1. The molecule has 2 heterocycles. The Hall–Kier alpha value is -2.80. The quantitative estimate of drug-likeness (QED) is 0.668. The van der Waals surface area contributed by atoms with Crippen LogP contribution in [0.15, 0.2) is 68.7 Å². The van der Waals surface area contributed by atoms with E-state index in [0.29, 0.717) is 29.0 Å². The van der Waals surface area contributed by atoms with Crippen molar-refractivity contribution in [2.24, 2.45) is 0 Å². The lowest BCUT2D eigenvalue weighted by Gasteiger charge is -2.30. The van der Waals surface area contributed by atoms with Gasteiger partial charge >= 0.3 is 5.63 Å². The molecule has 0 bridgehead atoms. The summed E-state index contributed by atoms with van der Waals surface area (Å²) in [4.78, 5) is 11.4. The zero-order valence-corrected chi connectivity index (χ0v) is 13.3. The van der Waals surface area contributed by atoms with Crippen LogP contribution in [0.25, 0.3) is 11.0 Å². The van der Waals surface area contributed by atoms with Crippen LogP contribution < -0.4 is 14.7 Å². The molecule has 0 spiro atoms. The molecule has 4 rings (SSSR count). The van der Waals surface area contributed by atoms with Gasteiger partial charge in [0.25, 0.3) is 10.0 Å². The maximum absolute atomic E-state index is 13.0. The highest BCUT2D eigenvalue weighted by atomic mass is 32.2. The van der Waals surface area contributed by atoms with E-state index < -0.39 is 15.6 Å². The highest BCUT2D eigenvalue weighted by molar-refractivity contribution is 7.92. The Labute approximate surface area is 137 Å². The number of benzene rings is 2. The van der Waals surface area contributed by atoms with Crippen molar-refractivity contribution in [3.8, 4) is 5.75 Å². The van der Waals surface area contributed by atoms with Crippen LogP contribution >= 0.6 is 0 Å². The van der Waals surface area contributed by atoms with E-state index in [1.54, 1.807) is 30.3 Å². The predicted molar refractivity (Wildman–Crippen MR) is 89.0 cm³/mol. The van der Waals surface area contributed by atoms with Crippen molar-refractivity contribution < 1.29 is 17.6 Å². The Balaban J connectivity index is 1.84. The number of hydrogen-bond donors (Lipinski definition) is 0. The lowest BCUT2D eigenvalue weighted by molar-refractivity contribution is 0.316. The molecule has 1 aliphatic rings. The third-order valence-corrected chi connectivity index (χ3v) is 5.67. The number of sulfonamides is 1. The minimum absolute atomic E-state index is 0.139. The Morgan fingerprint density at radius 2 is 1.83 bits per heavy atom. The molecule has 0 N–H and O–H groups in total. The van der Waals surface area contributed by atoms with Gasteiger partial charge in [-0.3, -0.25) is 4.31 Å². The number of nitrogens with zero attached hydrogens (tertiary/aromatic N) is 1. The third-order valence-electron chi connectivity index (χ3n) is 3.86. The zero-order valence-electron chi connectivity index (χ0n) is 12.5. The Kier molecular flexibility index (Phi) is 3.31. The van der Waals surface area contributed by atoms with Crippen molar-refractivity contribution in [3.05, 3.63) is 65.0 Å². The summed E-state index contributed by atoms with van der Waals surface area (Å²) in [5.74, 6) is 0.541. The fourth-order valence-electron chi connectivity index (χ4n) is 2.73. The van der Waals surface area contributed by atoms with Crippen molar-refractivity contribution in [1.29, 1.82) is 0 Å². The molecule has 6 nitrogen and oxygen atoms in total. The molecular formula is C17H13NO5S. The average molecular weight is 343 g/mol. The SMILES string of the molecule is O=c1ccc2cc(S(=O)(=O)N3CCOc4ccccc43)ccc2o1. The van der Waals surface area contributed by atoms with Crippen LogP contribution in [-0.4, -0.2) is 21.6 Å². The van der Waals surface area contributed by atoms with Gasteiger partial charge in [0, 0.05) is 11.5 Å². The maximum Gasteiger partial charge on any atom is 0.336 e. The van der Waals surface area contributed by atoms with Gasteiger partial charge in [-0.2, -0.15) is 0 Å². The molecule has 0 saturated heterocycles. The van der Waals surface area contributed by atoms with Crippen molar-refractivity contribution in [1.82, 2.24) is 0 Å². The number of hydrogen-bond acceptors (Lipinski definition) is 5. The molecule has 24 heavy (non-hydrogen) atoms. The second-order valence-corrected chi connectivity index (χ2v) is 7.21. The molecule has 0 unspecified atom stereocenters. The fourth-order valence-corrected chi connectivity index (χ4v) is 4.23. The van der Waals surface area contributed by atoms with E-state index in [1.807, 2.05) is 0 Å². The van der Waals surface area contributed by atoms with Crippen LogP contribution in [0.5, 0.6) is 5.75 Å². The predicted octanol–water partition coefficient (Wildman–Crippen LogP) is 2.38.